The lowest BCUT2D eigenvalue weighted by Crippen LogP contribution is -2.47. The third-order valence-corrected chi connectivity index (χ3v) is 4.11. The normalized spacial score (nSPS) is 12.2. The van der Waals surface area contributed by atoms with Crippen LogP contribution < -0.4 is 16.4 Å². The van der Waals surface area contributed by atoms with E-state index in [1.165, 1.54) is 18.2 Å². The minimum absolute atomic E-state index is 0.326. The predicted octanol–water partition coefficient (Wildman–Crippen LogP) is 2.79. The number of hydrogen-bond donors (Lipinski definition) is 3. The molecule has 7 nitrogen and oxygen atoms in total. The second-order valence-corrected chi connectivity index (χ2v) is 6.51. The summed E-state index contributed by atoms with van der Waals surface area (Å²) in [5, 5.41) is 4.97. The van der Waals surface area contributed by atoms with Gasteiger partial charge in [-0.15, -0.1) is 0 Å². The van der Waals surface area contributed by atoms with Crippen LogP contribution >= 0.6 is 0 Å². The molecule has 0 aliphatic carbocycles. The maximum Gasteiger partial charge on any atom is 0.417 e. The number of fused-ring (bicyclic) bond motifs is 1. The summed E-state index contributed by atoms with van der Waals surface area (Å²) in [6, 6.07) is 6.53. The van der Waals surface area contributed by atoms with Crippen LogP contribution in [0.15, 0.2) is 45.6 Å². The predicted molar refractivity (Wildman–Crippen MR) is 97.9 cm³/mol. The number of carbonyl (C=O) groups is 2. The SMILES string of the molecule is CC(C)C(NC(=O)c1c(F)cccc1F)C(=O)Nc1ccc2oc(=O)[nH]c2c1. The van der Waals surface area contributed by atoms with Gasteiger partial charge in [0.2, 0.25) is 5.91 Å². The van der Waals surface area contributed by atoms with Gasteiger partial charge >= 0.3 is 5.76 Å². The van der Waals surface area contributed by atoms with Crippen LogP contribution in [0.4, 0.5) is 14.5 Å². The van der Waals surface area contributed by atoms with Crippen LogP contribution in [0, 0.1) is 17.6 Å². The lowest BCUT2D eigenvalue weighted by atomic mass is 10.0. The summed E-state index contributed by atoms with van der Waals surface area (Å²) in [5.74, 6) is -4.64. The molecule has 0 fully saturated rings. The van der Waals surface area contributed by atoms with Crippen LogP contribution in [0.25, 0.3) is 11.1 Å². The first-order valence-electron chi connectivity index (χ1n) is 8.45. The Morgan fingerprint density at radius 2 is 1.79 bits per heavy atom. The fourth-order valence-corrected chi connectivity index (χ4v) is 2.71. The second-order valence-electron chi connectivity index (χ2n) is 6.51. The third-order valence-electron chi connectivity index (χ3n) is 4.11. The molecule has 0 aliphatic rings. The Morgan fingerprint density at radius 3 is 2.43 bits per heavy atom. The Bertz CT molecular complexity index is 1080. The van der Waals surface area contributed by atoms with Gasteiger partial charge in [-0.2, -0.15) is 0 Å². The number of rotatable bonds is 5. The van der Waals surface area contributed by atoms with E-state index in [-0.39, 0.29) is 5.92 Å². The van der Waals surface area contributed by atoms with Gasteiger partial charge in [-0.05, 0) is 36.2 Å². The Labute approximate surface area is 157 Å². The first-order chi connectivity index (χ1) is 13.3. The number of carbonyl (C=O) groups excluding carboxylic acids is 2. The molecule has 1 atom stereocenters. The molecule has 0 radical (unpaired) electrons. The smallest absolute Gasteiger partial charge is 0.408 e. The van der Waals surface area contributed by atoms with Gasteiger partial charge in [-0.3, -0.25) is 14.6 Å². The fourth-order valence-electron chi connectivity index (χ4n) is 2.71. The van der Waals surface area contributed by atoms with Gasteiger partial charge in [0.25, 0.3) is 5.91 Å². The fraction of sp³-hybridized carbons (Fsp3) is 0.211. The first kappa shape index (κ1) is 19.3. The number of aromatic amines is 1. The summed E-state index contributed by atoms with van der Waals surface area (Å²) in [6.07, 6.45) is 0. The van der Waals surface area contributed by atoms with Crippen LogP contribution in [-0.2, 0) is 4.79 Å². The standard InChI is InChI=1S/C19H17F2N3O4/c1-9(2)16(24-17(25)15-11(20)4-3-5-12(15)21)18(26)22-10-6-7-14-13(8-10)23-19(27)28-14/h3-9,16H,1-2H3,(H,22,26)(H,23,27)(H,24,25). The van der Waals surface area contributed by atoms with E-state index in [2.05, 4.69) is 15.6 Å². The number of halogens is 2. The molecule has 28 heavy (non-hydrogen) atoms. The minimum atomic E-state index is -1.05. The van der Waals surface area contributed by atoms with Crippen molar-refractivity contribution >= 4 is 28.6 Å². The summed E-state index contributed by atoms with van der Waals surface area (Å²) in [4.78, 5) is 38.6. The molecule has 3 rings (SSSR count). The van der Waals surface area contributed by atoms with Crippen LogP contribution in [0.5, 0.6) is 0 Å². The minimum Gasteiger partial charge on any atom is -0.408 e. The second kappa shape index (κ2) is 7.63. The lowest BCUT2D eigenvalue weighted by Gasteiger charge is -2.22. The Morgan fingerprint density at radius 1 is 1.11 bits per heavy atom. The van der Waals surface area contributed by atoms with Crippen molar-refractivity contribution in [3.8, 4) is 0 Å². The van der Waals surface area contributed by atoms with Gasteiger partial charge in [0.05, 0.1) is 5.52 Å². The van der Waals surface area contributed by atoms with E-state index < -0.39 is 40.8 Å². The van der Waals surface area contributed by atoms with Crippen molar-refractivity contribution in [2.24, 2.45) is 5.92 Å². The van der Waals surface area contributed by atoms with Gasteiger partial charge in [-0.1, -0.05) is 19.9 Å². The van der Waals surface area contributed by atoms with Crippen LogP contribution in [0.3, 0.4) is 0 Å². The molecule has 146 valence electrons. The maximum absolute atomic E-state index is 13.8. The van der Waals surface area contributed by atoms with Crippen LogP contribution in [-0.4, -0.2) is 22.8 Å². The average Bonchev–Trinajstić information content (AvgIpc) is 2.98. The summed E-state index contributed by atoms with van der Waals surface area (Å²) in [6.45, 7) is 3.36. The number of benzene rings is 2. The van der Waals surface area contributed by atoms with E-state index in [0.717, 1.165) is 18.2 Å². The number of hydrogen-bond acceptors (Lipinski definition) is 4. The molecule has 0 bridgehead atoms. The molecule has 9 heteroatoms. The average molecular weight is 389 g/mol. The molecule has 2 aromatic carbocycles. The van der Waals surface area contributed by atoms with Crippen LogP contribution in [0.2, 0.25) is 0 Å². The number of H-pyrrole nitrogens is 1. The molecule has 1 unspecified atom stereocenters. The number of oxazole rings is 1. The molecule has 3 N–H and O–H groups in total. The van der Waals surface area contributed by atoms with E-state index in [4.69, 9.17) is 4.42 Å². The molecule has 0 saturated heterocycles. The van der Waals surface area contributed by atoms with Crippen molar-refractivity contribution in [1.82, 2.24) is 10.3 Å². The maximum atomic E-state index is 13.8. The first-order valence-corrected chi connectivity index (χ1v) is 8.45. The molecule has 0 saturated carbocycles. The van der Waals surface area contributed by atoms with E-state index in [1.54, 1.807) is 13.8 Å². The van der Waals surface area contributed by atoms with E-state index >= 15 is 0 Å². The molecular formula is C19H17F2N3O4. The zero-order valence-corrected chi connectivity index (χ0v) is 15.0. The summed E-state index contributed by atoms with van der Waals surface area (Å²) >= 11 is 0. The molecule has 0 aliphatic heterocycles. The number of nitrogens with one attached hydrogen (secondary N) is 3. The highest BCUT2D eigenvalue weighted by atomic mass is 19.1. The van der Waals surface area contributed by atoms with Crippen molar-refractivity contribution in [2.45, 2.75) is 19.9 Å². The molecule has 1 aromatic heterocycles. The van der Waals surface area contributed by atoms with Crippen LogP contribution in [0.1, 0.15) is 24.2 Å². The van der Waals surface area contributed by atoms with Crippen molar-refractivity contribution < 1.29 is 22.8 Å². The van der Waals surface area contributed by atoms with Crippen molar-refractivity contribution in [1.29, 1.82) is 0 Å². The van der Waals surface area contributed by atoms with E-state index in [9.17, 15) is 23.2 Å². The quantitative estimate of drug-likeness (QED) is 0.624. The molecule has 3 aromatic rings. The van der Waals surface area contributed by atoms with E-state index in [0.29, 0.717) is 16.8 Å². The summed E-state index contributed by atoms with van der Waals surface area (Å²) in [5.41, 5.74) is 0.318. The molecule has 0 spiro atoms. The zero-order valence-electron chi connectivity index (χ0n) is 15.0. The highest BCUT2D eigenvalue weighted by molar-refractivity contribution is 6.02. The Kier molecular flexibility index (Phi) is 5.25. The van der Waals surface area contributed by atoms with Gasteiger partial charge in [0, 0.05) is 5.69 Å². The highest BCUT2D eigenvalue weighted by Crippen LogP contribution is 2.18. The number of anilines is 1. The number of amides is 2. The van der Waals surface area contributed by atoms with Gasteiger partial charge < -0.3 is 15.1 Å². The van der Waals surface area contributed by atoms with Crippen molar-refractivity contribution in [3.63, 3.8) is 0 Å². The monoisotopic (exact) mass is 389 g/mol. The van der Waals surface area contributed by atoms with Crippen molar-refractivity contribution in [3.05, 3.63) is 64.1 Å². The Balaban J connectivity index is 1.79. The molecule has 2 amide bonds. The van der Waals surface area contributed by atoms with Gasteiger partial charge in [-0.25, -0.2) is 13.6 Å². The summed E-state index contributed by atoms with van der Waals surface area (Å²) in [7, 11) is 0. The van der Waals surface area contributed by atoms with Gasteiger partial charge in [0.15, 0.2) is 5.58 Å². The largest absolute Gasteiger partial charge is 0.417 e. The Hall–Kier alpha value is -3.49. The summed E-state index contributed by atoms with van der Waals surface area (Å²) < 4.78 is 32.5. The van der Waals surface area contributed by atoms with Gasteiger partial charge in [0.1, 0.15) is 23.2 Å². The zero-order chi connectivity index (χ0) is 20.4. The van der Waals surface area contributed by atoms with E-state index in [1.807, 2.05) is 0 Å². The molecular weight excluding hydrogens is 372 g/mol. The highest BCUT2D eigenvalue weighted by Gasteiger charge is 2.27. The topological polar surface area (TPSA) is 104 Å². The van der Waals surface area contributed by atoms with Crippen molar-refractivity contribution in [2.75, 3.05) is 5.32 Å². The third kappa shape index (κ3) is 3.93. The number of aromatic nitrogens is 1. The lowest BCUT2D eigenvalue weighted by molar-refractivity contribution is -0.118. The molecule has 1 heterocycles.